The van der Waals surface area contributed by atoms with Crippen LogP contribution in [0.5, 0.6) is 0 Å². The monoisotopic (exact) mass is 252 g/mol. The van der Waals surface area contributed by atoms with Crippen molar-refractivity contribution < 1.29 is 14.6 Å². The number of esters is 1. The summed E-state index contributed by atoms with van der Waals surface area (Å²) in [7, 11) is 1.35. The Morgan fingerprint density at radius 1 is 1.44 bits per heavy atom. The molecule has 0 aliphatic heterocycles. The molecule has 0 atom stereocenters. The van der Waals surface area contributed by atoms with Crippen LogP contribution in [0.25, 0.3) is 0 Å². The van der Waals surface area contributed by atoms with Gasteiger partial charge in [0.2, 0.25) is 0 Å². The summed E-state index contributed by atoms with van der Waals surface area (Å²) in [5, 5.41) is 8.97. The molecule has 0 aliphatic carbocycles. The van der Waals surface area contributed by atoms with Gasteiger partial charge in [0.25, 0.3) is 0 Å². The summed E-state index contributed by atoms with van der Waals surface area (Å²) in [4.78, 5) is 17.6. The molecule has 0 saturated carbocycles. The number of carbonyl (C=O) groups excluding carboxylic acids is 1. The van der Waals surface area contributed by atoms with E-state index in [0.717, 1.165) is 18.7 Å². The maximum absolute atomic E-state index is 11.2. The van der Waals surface area contributed by atoms with E-state index < -0.39 is 0 Å². The number of aromatic nitrogens is 1. The van der Waals surface area contributed by atoms with Crippen LogP contribution >= 0.6 is 0 Å². The standard InChI is InChI=1S/C13H20N2O3/c1-3-6-15(7-8-16)10-12-5-4-11(9-14-12)13(17)18-2/h4-5,9,16H,3,6-8,10H2,1-2H3. The highest BCUT2D eigenvalue weighted by Gasteiger charge is 2.08. The van der Waals surface area contributed by atoms with Crippen LogP contribution < -0.4 is 0 Å². The van der Waals surface area contributed by atoms with Crippen LogP contribution in [0.1, 0.15) is 29.4 Å². The second-order valence-electron chi connectivity index (χ2n) is 4.03. The summed E-state index contributed by atoms with van der Waals surface area (Å²) in [6.07, 6.45) is 2.55. The summed E-state index contributed by atoms with van der Waals surface area (Å²) < 4.78 is 4.61. The van der Waals surface area contributed by atoms with E-state index in [1.54, 1.807) is 6.07 Å². The Bertz CT molecular complexity index is 359. The third-order valence-electron chi connectivity index (χ3n) is 2.59. The Morgan fingerprint density at radius 3 is 2.72 bits per heavy atom. The Balaban J connectivity index is 2.63. The van der Waals surface area contributed by atoms with Gasteiger partial charge in [-0.3, -0.25) is 9.88 Å². The lowest BCUT2D eigenvalue weighted by Gasteiger charge is -2.19. The minimum Gasteiger partial charge on any atom is -0.465 e. The number of nitrogens with zero attached hydrogens (tertiary/aromatic N) is 2. The summed E-state index contributed by atoms with van der Waals surface area (Å²) in [6, 6.07) is 3.52. The first kappa shape index (κ1) is 14.6. The topological polar surface area (TPSA) is 62.7 Å². The predicted octanol–water partition coefficient (Wildman–Crippen LogP) is 1.07. The number of methoxy groups -OCH3 is 1. The number of ether oxygens (including phenoxy) is 1. The Hall–Kier alpha value is -1.46. The number of pyridine rings is 1. The van der Waals surface area contributed by atoms with Crippen molar-refractivity contribution in [3.05, 3.63) is 29.6 Å². The number of hydrogen-bond donors (Lipinski definition) is 1. The van der Waals surface area contributed by atoms with Crippen LogP contribution in [0.15, 0.2) is 18.3 Å². The van der Waals surface area contributed by atoms with Crippen molar-refractivity contribution in [2.24, 2.45) is 0 Å². The molecule has 0 amide bonds. The molecule has 0 spiro atoms. The van der Waals surface area contributed by atoms with Crippen LogP contribution in [0, 0.1) is 0 Å². The van der Waals surface area contributed by atoms with E-state index in [4.69, 9.17) is 5.11 Å². The molecular formula is C13H20N2O3. The maximum Gasteiger partial charge on any atom is 0.339 e. The minimum atomic E-state index is -0.380. The molecule has 0 unspecified atom stereocenters. The Labute approximate surface area is 107 Å². The van der Waals surface area contributed by atoms with Crippen molar-refractivity contribution in [1.82, 2.24) is 9.88 Å². The molecule has 100 valence electrons. The first-order valence-corrected chi connectivity index (χ1v) is 6.07. The fourth-order valence-corrected chi connectivity index (χ4v) is 1.71. The normalized spacial score (nSPS) is 10.7. The number of rotatable bonds is 7. The van der Waals surface area contributed by atoms with E-state index in [1.807, 2.05) is 6.07 Å². The highest BCUT2D eigenvalue weighted by atomic mass is 16.5. The van der Waals surface area contributed by atoms with Gasteiger partial charge < -0.3 is 9.84 Å². The summed E-state index contributed by atoms with van der Waals surface area (Å²) in [5.41, 5.74) is 1.33. The lowest BCUT2D eigenvalue weighted by atomic mass is 10.2. The Morgan fingerprint density at radius 2 is 2.22 bits per heavy atom. The SMILES string of the molecule is CCCN(CCO)Cc1ccc(C(=O)OC)cn1. The lowest BCUT2D eigenvalue weighted by Crippen LogP contribution is -2.27. The second kappa shape index (κ2) is 7.79. The zero-order valence-electron chi connectivity index (χ0n) is 10.9. The number of aliphatic hydroxyl groups is 1. The average Bonchev–Trinajstić information content (AvgIpc) is 2.39. The van der Waals surface area contributed by atoms with Crippen molar-refractivity contribution in [3.63, 3.8) is 0 Å². The zero-order chi connectivity index (χ0) is 13.4. The molecule has 0 saturated heterocycles. The third-order valence-corrected chi connectivity index (χ3v) is 2.59. The van der Waals surface area contributed by atoms with E-state index in [-0.39, 0.29) is 12.6 Å². The van der Waals surface area contributed by atoms with Crippen molar-refractivity contribution in [2.75, 3.05) is 26.8 Å². The van der Waals surface area contributed by atoms with Gasteiger partial charge in [-0.1, -0.05) is 6.92 Å². The zero-order valence-corrected chi connectivity index (χ0v) is 10.9. The van der Waals surface area contributed by atoms with Crippen LogP contribution in [-0.4, -0.2) is 47.8 Å². The van der Waals surface area contributed by atoms with Gasteiger partial charge in [0, 0.05) is 19.3 Å². The molecule has 1 rings (SSSR count). The lowest BCUT2D eigenvalue weighted by molar-refractivity contribution is 0.0600. The molecule has 0 radical (unpaired) electrons. The largest absolute Gasteiger partial charge is 0.465 e. The maximum atomic E-state index is 11.2. The Kier molecular flexibility index (Phi) is 6.32. The molecule has 0 bridgehead atoms. The van der Waals surface area contributed by atoms with Gasteiger partial charge in [0.15, 0.2) is 0 Å². The highest BCUT2D eigenvalue weighted by Crippen LogP contribution is 2.05. The molecule has 1 heterocycles. The fraction of sp³-hybridized carbons (Fsp3) is 0.538. The van der Waals surface area contributed by atoms with Crippen LogP contribution in [-0.2, 0) is 11.3 Å². The molecule has 1 N–H and O–H groups in total. The van der Waals surface area contributed by atoms with Crippen LogP contribution in [0.3, 0.4) is 0 Å². The second-order valence-corrected chi connectivity index (χ2v) is 4.03. The highest BCUT2D eigenvalue weighted by molar-refractivity contribution is 5.88. The van der Waals surface area contributed by atoms with Gasteiger partial charge >= 0.3 is 5.97 Å². The van der Waals surface area contributed by atoms with Gasteiger partial charge in [-0.15, -0.1) is 0 Å². The fourth-order valence-electron chi connectivity index (χ4n) is 1.71. The van der Waals surface area contributed by atoms with E-state index in [9.17, 15) is 4.79 Å². The number of aliphatic hydroxyl groups excluding tert-OH is 1. The van der Waals surface area contributed by atoms with E-state index in [1.165, 1.54) is 13.3 Å². The minimum absolute atomic E-state index is 0.139. The van der Waals surface area contributed by atoms with Gasteiger partial charge in [0.1, 0.15) is 0 Å². The van der Waals surface area contributed by atoms with E-state index in [2.05, 4.69) is 21.5 Å². The molecule has 1 aromatic heterocycles. The van der Waals surface area contributed by atoms with Crippen LogP contribution in [0.2, 0.25) is 0 Å². The summed E-state index contributed by atoms with van der Waals surface area (Å²) >= 11 is 0. The molecule has 5 heteroatoms. The molecule has 0 aromatic carbocycles. The van der Waals surface area contributed by atoms with Gasteiger partial charge in [-0.2, -0.15) is 0 Å². The van der Waals surface area contributed by atoms with Crippen molar-refractivity contribution in [1.29, 1.82) is 0 Å². The molecule has 18 heavy (non-hydrogen) atoms. The molecule has 0 fully saturated rings. The third kappa shape index (κ3) is 4.43. The van der Waals surface area contributed by atoms with Gasteiger partial charge in [-0.25, -0.2) is 4.79 Å². The quantitative estimate of drug-likeness (QED) is 0.735. The average molecular weight is 252 g/mol. The number of carbonyl (C=O) groups is 1. The molecular weight excluding hydrogens is 232 g/mol. The molecule has 1 aromatic rings. The number of hydrogen-bond acceptors (Lipinski definition) is 5. The van der Waals surface area contributed by atoms with Crippen molar-refractivity contribution in [3.8, 4) is 0 Å². The van der Waals surface area contributed by atoms with Gasteiger partial charge in [0.05, 0.1) is 25.0 Å². The van der Waals surface area contributed by atoms with Gasteiger partial charge in [-0.05, 0) is 25.1 Å². The smallest absolute Gasteiger partial charge is 0.339 e. The predicted molar refractivity (Wildman–Crippen MR) is 68.2 cm³/mol. The first-order valence-electron chi connectivity index (χ1n) is 6.07. The van der Waals surface area contributed by atoms with Crippen LogP contribution in [0.4, 0.5) is 0 Å². The molecule has 5 nitrogen and oxygen atoms in total. The van der Waals surface area contributed by atoms with E-state index in [0.29, 0.717) is 18.7 Å². The first-order chi connectivity index (χ1) is 8.71. The molecule has 0 aliphatic rings. The van der Waals surface area contributed by atoms with E-state index >= 15 is 0 Å². The summed E-state index contributed by atoms with van der Waals surface area (Å²) in [6.45, 7) is 4.46. The summed E-state index contributed by atoms with van der Waals surface area (Å²) in [5.74, 6) is -0.380. The van der Waals surface area contributed by atoms with Crippen molar-refractivity contribution >= 4 is 5.97 Å². The van der Waals surface area contributed by atoms with Crippen molar-refractivity contribution in [2.45, 2.75) is 19.9 Å².